The highest BCUT2D eigenvalue weighted by atomic mass is 16.7. The lowest BCUT2D eigenvalue weighted by Crippen LogP contribution is -2.35. The molecule has 2 N–H and O–H groups in total. The summed E-state index contributed by atoms with van der Waals surface area (Å²) in [6.07, 6.45) is 4.20. The molecule has 4 unspecified atom stereocenters. The molecule has 0 heterocycles. The van der Waals surface area contributed by atoms with Gasteiger partial charge in [-0.05, 0) is 120 Å². The van der Waals surface area contributed by atoms with E-state index >= 15 is 0 Å². The zero-order valence-corrected chi connectivity index (χ0v) is 26.6. The van der Waals surface area contributed by atoms with Crippen LogP contribution in [0.5, 0.6) is 23.0 Å². The molecule has 0 amide bonds. The summed E-state index contributed by atoms with van der Waals surface area (Å²) < 4.78 is 12.5. The van der Waals surface area contributed by atoms with E-state index in [0.717, 1.165) is 37.2 Å². The molecule has 228 valence electrons. The largest absolute Gasteiger partial charge is 0.508 e. The van der Waals surface area contributed by atoms with Gasteiger partial charge in [-0.3, -0.25) is 0 Å². The Morgan fingerprint density at radius 3 is 1.12 bits per heavy atom. The second-order valence-corrected chi connectivity index (χ2v) is 12.4. The SMILES string of the molecule is CCC(CC(C)c1ccc(OC(C)(C)Oc2ccc(C(C)CC(CC)c3ccc(O)cc3)cc2)cc1)c1ccc(O)cc1. The molecular weight excluding hydrogens is 532 g/mol. The van der Waals surface area contributed by atoms with E-state index < -0.39 is 5.79 Å². The molecule has 4 rings (SSSR count). The lowest BCUT2D eigenvalue weighted by molar-refractivity contribution is -0.0809. The van der Waals surface area contributed by atoms with E-state index in [2.05, 4.69) is 52.0 Å². The maximum absolute atomic E-state index is 9.64. The lowest BCUT2D eigenvalue weighted by atomic mass is 9.84. The van der Waals surface area contributed by atoms with E-state index in [0.29, 0.717) is 35.2 Å². The first-order chi connectivity index (χ1) is 20.6. The van der Waals surface area contributed by atoms with Crippen molar-refractivity contribution >= 4 is 0 Å². The second-order valence-electron chi connectivity index (χ2n) is 12.4. The van der Waals surface area contributed by atoms with E-state index in [9.17, 15) is 10.2 Å². The maximum atomic E-state index is 9.64. The van der Waals surface area contributed by atoms with Gasteiger partial charge < -0.3 is 19.7 Å². The molecule has 0 radical (unpaired) electrons. The third kappa shape index (κ3) is 9.03. The van der Waals surface area contributed by atoms with E-state index in [-0.39, 0.29) is 0 Å². The predicted molar refractivity (Wildman–Crippen MR) is 177 cm³/mol. The van der Waals surface area contributed by atoms with Gasteiger partial charge in [0.15, 0.2) is 0 Å². The highest BCUT2D eigenvalue weighted by Gasteiger charge is 2.23. The molecule has 4 heteroatoms. The molecule has 0 bridgehead atoms. The van der Waals surface area contributed by atoms with Gasteiger partial charge in [0, 0.05) is 13.8 Å². The van der Waals surface area contributed by atoms with Crippen molar-refractivity contribution in [1.29, 1.82) is 0 Å². The van der Waals surface area contributed by atoms with Gasteiger partial charge in [0.05, 0.1) is 0 Å². The molecule has 0 aromatic heterocycles. The molecule has 0 saturated heterocycles. The molecule has 4 atom stereocenters. The normalized spacial score (nSPS) is 14.5. The number of hydrogen-bond acceptors (Lipinski definition) is 4. The molecule has 4 aromatic carbocycles. The van der Waals surface area contributed by atoms with Crippen LogP contribution in [-0.4, -0.2) is 16.0 Å². The Hall–Kier alpha value is -3.92. The van der Waals surface area contributed by atoms with Crippen LogP contribution >= 0.6 is 0 Å². The fourth-order valence-corrected chi connectivity index (χ4v) is 6.01. The van der Waals surface area contributed by atoms with Crippen LogP contribution < -0.4 is 9.47 Å². The van der Waals surface area contributed by atoms with Gasteiger partial charge >= 0.3 is 0 Å². The van der Waals surface area contributed by atoms with Crippen LogP contribution in [0, 0.1) is 0 Å². The minimum absolute atomic E-state index is 0.309. The molecule has 0 saturated carbocycles. The van der Waals surface area contributed by atoms with Crippen molar-refractivity contribution in [3.05, 3.63) is 119 Å². The number of hydrogen-bond donors (Lipinski definition) is 2. The minimum atomic E-state index is -0.835. The van der Waals surface area contributed by atoms with Crippen LogP contribution in [0.4, 0.5) is 0 Å². The average Bonchev–Trinajstić information content (AvgIpc) is 2.99. The van der Waals surface area contributed by atoms with Crippen molar-refractivity contribution in [2.45, 2.75) is 96.7 Å². The predicted octanol–water partition coefficient (Wildman–Crippen LogP) is 10.7. The third-order valence-corrected chi connectivity index (χ3v) is 8.62. The maximum Gasteiger partial charge on any atom is 0.245 e. The summed E-state index contributed by atoms with van der Waals surface area (Å²) in [5.74, 6) is 3.01. The highest BCUT2D eigenvalue weighted by molar-refractivity contribution is 5.34. The molecule has 43 heavy (non-hydrogen) atoms. The van der Waals surface area contributed by atoms with Gasteiger partial charge in [0.1, 0.15) is 23.0 Å². The summed E-state index contributed by atoms with van der Waals surface area (Å²) in [6, 6.07) is 31.9. The molecule has 0 aliphatic rings. The van der Waals surface area contributed by atoms with Gasteiger partial charge in [-0.25, -0.2) is 0 Å². The molecule has 0 aliphatic carbocycles. The molecule has 0 aliphatic heterocycles. The first-order valence-corrected chi connectivity index (χ1v) is 15.7. The van der Waals surface area contributed by atoms with E-state index in [1.54, 1.807) is 24.3 Å². The Kier molecular flexibility index (Phi) is 10.8. The quantitative estimate of drug-likeness (QED) is 0.146. The summed E-state index contributed by atoms with van der Waals surface area (Å²) in [5.41, 5.74) is 5.10. The summed E-state index contributed by atoms with van der Waals surface area (Å²) in [5, 5.41) is 19.3. The number of phenols is 2. The monoisotopic (exact) mass is 580 g/mol. The van der Waals surface area contributed by atoms with Gasteiger partial charge in [-0.2, -0.15) is 0 Å². The van der Waals surface area contributed by atoms with Gasteiger partial charge in [-0.15, -0.1) is 0 Å². The van der Waals surface area contributed by atoms with Crippen LogP contribution in [-0.2, 0) is 0 Å². The topological polar surface area (TPSA) is 58.9 Å². The van der Waals surface area contributed by atoms with Crippen molar-refractivity contribution in [3.63, 3.8) is 0 Å². The van der Waals surface area contributed by atoms with Gasteiger partial charge in [0.2, 0.25) is 5.79 Å². The molecule has 0 fully saturated rings. The first kappa shape index (κ1) is 32.0. The fraction of sp³-hybridized carbons (Fsp3) is 0.385. The van der Waals surface area contributed by atoms with Gasteiger partial charge in [-0.1, -0.05) is 76.2 Å². The smallest absolute Gasteiger partial charge is 0.245 e. The highest BCUT2D eigenvalue weighted by Crippen LogP contribution is 2.35. The number of benzene rings is 4. The molecule has 4 nitrogen and oxygen atoms in total. The summed E-state index contributed by atoms with van der Waals surface area (Å²) in [6.45, 7) is 12.9. The molecule has 4 aromatic rings. The Morgan fingerprint density at radius 2 is 0.814 bits per heavy atom. The Bertz CT molecular complexity index is 1280. The Labute approximate surface area is 258 Å². The first-order valence-electron chi connectivity index (χ1n) is 15.7. The summed E-state index contributed by atoms with van der Waals surface area (Å²) >= 11 is 0. The number of phenolic OH excluding ortho intramolecular Hbond substituents is 2. The summed E-state index contributed by atoms with van der Waals surface area (Å²) in [7, 11) is 0. The van der Waals surface area contributed by atoms with Crippen molar-refractivity contribution in [2.75, 3.05) is 0 Å². The summed E-state index contributed by atoms with van der Waals surface area (Å²) in [4.78, 5) is 0. The van der Waals surface area contributed by atoms with Gasteiger partial charge in [0.25, 0.3) is 0 Å². The van der Waals surface area contributed by atoms with Crippen LogP contribution in [0.25, 0.3) is 0 Å². The Morgan fingerprint density at radius 1 is 0.512 bits per heavy atom. The van der Waals surface area contributed by atoms with E-state index in [1.807, 2.05) is 62.4 Å². The van der Waals surface area contributed by atoms with Crippen molar-refractivity contribution in [1.82, 2.24) is 0 Å². The van der Waals surface area contributed by atoms with Crippen LogP contribution in [0.1, 0.15) is 113 Å². The van der Waals surface area contributed by atoms with E-state index in [1.165, 1.54) is 22.3 Å². The second kappa shape index (κ2) is 14.5. The lowest BCUT2D eigenvalue weighted by Gasteiger charge is -2.28. The standard InChI is InChI=1S/C39H48O4/c1-7-29(33-9-17-35(40)18-10-33)25-27(3)31-13-21-37(22-14-31)42-39(5,6)43-38-23-15-32(16-24-38)28(4)26-30(8-2)34-11-19-36(41)20-12-34/h9-24,27-30,40-41H,7-8,25-26H2,1-6H3. The van der Waals surface area contributed by atoms with E-state index in [4.69, 9.17) is 9.47 Å². The Balaban J connectivity index is 1.32. The zero-order chi connectivity index (χ0) is 31.0. The minimum Gasteiger partial charge on any atom is -0.508 e. The third-order valence-electron chi connectivity index (χ3n) is 8.62. The van der Waals surface area contributed by atoms with Crippen molar-refractivity contribution < 1.29 is 19.7 Å². The zero-order valence-electron chi connectivity index (χ0n) is 26.6. The van der Waals surface area contributed by atoms with Crippen LogP contribution in [0.15, 0.2) is 97.1 Å². The number of rotatable bonds is 14. The molecule has 0 spiro atoms. The molecular formula is C39H48O4. The number of aromatic hydroxyl groups is 2. The van der Waals surface area contributed by atoms with Crippen LogP contribution in [0.3, 0.4) is 0 Å². The van der Waals surface area contributed by atoms with Crippen molar-refractivity contribution in [2.24, 2.45) is 0 Å². The number of ether oxygens (including phenoxy) is 2. The fourth-order valence-electron chi connectivity index (χ4n) is 6.01. The van der Waals surface area contributed by atoms with Crippen LogP contribution in [0.2, 0.25) is 0 Å². The average molecular weight is 581 g/mol. The van der Waals surface area contributed by atoms with Crippen molar-refractivity contribution in [3.8, 4) is 23.0 Å².